The number of carbonyl (C=O) groups is 2. The van der Waals surface area contributed by atoms with Crippen LogP contribution in [0.2, 0.25) is 0 Å². The molecule has 0 unspecified atom stereocenters. The van der Waals surface area contributed by atoms with Gasteiger partial charge in [0.05, 0.1) is 0 Å². The van der Waals surface area contributed by atoms with Crippen molar-refractivity contribution in [1.82, 2.24) is 15.6 Å². The summed E-state index contributed by atoms with van der Waals surface area (Å²) in [6.07, 6.45) is 1.74. The van der Waals surface area contributed by atoms with Gasteiger partial charge in [0.15, 0.2) is 0 Å². The summed E-state index contributed by atoms with van der Waals surface area (Å²) in [5, 5.41) is 6.46. The molecule has 132 valence electrons. The van der Waals surface area contributed by atoms with Gasteiger partial charge in [-0.1, -0.05) is 17.8 Å². The van der Waals surface area contributed by atoms with Crippen LogP contribution in [0.25, 0.3) is 0 Å². The van der Waals surface area contributed by atoms with Crippen LogP contribution in [0.15, 0.2) is 58.6 Å². The zero-order valence-electron chi connectivity index (χ0n) is 14.9. The SMILES string of the molecule is C[C@H](NC(=O)c1ccc(Sc2ccccn2)cc1)C(=O)NC(C)(C)C. The molecule has 0 radical (unpaired) electrons. The van der Waals surface area contributed by atoms with Gasteiger partial charge < -0.3 is 10.6 Å². The van der Waals surface area contributed by atoms with Gasteiger partial charge in [-0.2, -0.15) is 0 Å². The first-order valence-electron chi connectivity index (χ1n) is 8.06. The Morgan fingerprint density at radius 1 is 1.08 bits per heavy atom. The number of rotatable bonds is 5. The number of carbonyl (C=O) groups excluding carboxylic acids is 2. The molecule has 0 aliphatic heterocycles. The Balaban J connectivity index is 1.95. The first kappa shape index (κ1) is 19.0. The van der Waals surface area contributed by atoms with Crippen molar-refractivity contribution in [3.05, 3.63) is 54.2 Å². The summed E-state index contributed by atoms with van der Waals surface area (Å²) >= 11 is 1.53. The molecule has 2 rings (SSSR count). The van der Waals surface area contributed by atoms with E-state index in [1.807, 2.05) is 51.1 Å². The van der Waals surface area contributed by atoms with E-state index in [1.54, 1.807) is 25.3 Å². The van der Waals surface area contributed by atoms with Crippen molar-refractivity contribution in [1.29, 1.82) is 0 Å². The Morgan fingerprint density at radius 2 is 1.76 bits per heavy atom. The van der Waals surface area contributed by atoms with E-state index in [9.17, 15) is 9.59 Å². The van der Waals surface area contributed by atoms with Crippen molar-refractivity contribution in [3.63, 3.8) is 0 Å². The molecule has 0 fully saturated rings. The third-order valence-corrected chi connectivity index (χ3v) is 4.17. The molecule has 1 heterocycles. The minimum absolute atomic E-state index is 0.205. The molecule has 5 nitrogen and oxygen atoms in total. The molecule has 1 atom stereocenters. The highest BCUT2D eigenvalue weighted by atomic mass is 32.2. The zero-order chi connectivity index (χ0) is 18.4. The number of nitrogens with zero attached hydrogens (tertiary/aromatic N) is 1. The molecular weight excluding hydrogens is 334 g/mol. The van der Waals surface area contributed by atoms with E-state index >= 15 is 0 Å². The number of hydrogen-bond donors (Lipinski definition) is 2. The molecule has 1 aromatic heterocycles. The van der Waals surface area contributed by atoms with E-state index in [4.69, 9.17) is 0 Å². The number of amides is 2. The van der Waals surface area contributed by atoms with Gasteiger partial charge >= 0.3 is 0 Å². The van der Waals surface area contributed by atoms with Crippen LogP contribution in [-0.4, -0.2) is 28.4 Å². The van der Waals surface area contributed by atoms with Gasteiger partial charge in [0.1, 0.15) is 11.1 Å². The predicted octanol–water partition coefficient (Wildman–Crippen LogP) is 3.27. The molecule has 0 aliphatic rings. The molecule has 25 heavy (non-hydrogen) atoms. The third-order valence-electron chi connectivity index (χ3n) is 3.22. The van der Waals surface area contributed by atoms with Crippen LogP contribution in [0, 0.1) is 0 Å². The molecule has 1 aromatic carbocycles. The van der Waals surface area contributed by atoms with Gasteiger partial charge in [0, 0.05) is 22.2 Å². The molecule has 0 aliphatic carbocycles. The molecule has 2 amide bonds. The number of nitrogens with one attached hydrogen (secondary N) is 2. The van der Waals surface area contributed by atoms with Crippen LogP contribution in [0.4, 0.5) is 0 Å². The number of aromatic nitrogens is 1. The topological polar surface area (TPSA) is 71.1 Å². The Hall–Kier alpha value is -2.34. The third kappa shape index (κ3) is 6.23. The Bertz CT molecular complexity index is 725. The van der Waals surface area contributed by atoms with E-state index in [1.165, 1.54) is 11.8 Å². The second-order valence-electron chi connectivity index (χ2n) is 6.73. The molecule has 2 aromatic rings. The quantitative estimate of drug-likeness (QED) is 0.862. The van der Waals surface area contributed by atoms with Crippen LogP contribution >= 0.6 is 11.8 Å². The Morgan fingerprint density at radius 3 is 2.32 bits per heavy atom. The predicted molar refractivity (Wildman–Crippen MR) is 99.6 cm³/mol. The molecule has 0 bridgehead atoms. The van der Waals surface area contributed by atoms with Crippen LogP contribution in [0.3, 0.4) is 0 Å². The molecule has 0 saturated carbocycles. The van der Waals surface area contributed by atoms with E-state index in [0.29, 0.717) is 5.56 Å². The Kier molecular flexibility index (Phi) is 6.20. The van der Waals surface area contributed by atoms with Crippen LogP contribution in [-0.2, 0) is 4.79 Å². The zero-order valence-corrected chi connectivity index (χ0v) is 15.7. The number of benzene rings is 1. The lowest BCUT2D eigenvalue weighted by Gasteiger charge is -2.23. The highest BCUT2D eigenvalue weighted by molar-refractivity contribution is 7.99. The lowest BCUT2D eigenvalue weighted by molar-refractivity contribution is -0.124. The Labute approximate surface area is 152 Å². The smallest absolute Gasteiger partial charge is 0.251 e. The van der Waals surface area contributed by atoms with Gasteiger partial charge in [0.2, 0.25) is 5.91 Å². The van der Waals surface area contributed by atoms with Crippen LogP contribution in [0.5, 0.6) is 0 Å². The van der Waals surface area contributed by atoms with Crippen molar-refractivity contribution in [3.8, 4) is 0 Å². The standard InChI is InChI=1S/C19H23N3O2S/c1-13(17(23)22-19(2,3)4)21-18(24)14-8-10-15(11-9-14)25-16-7-5-6-12-20-16/h5-13H,1-4H3,(H,21,24)(H,22,23)/t13-/m0/s1. The second-order valence-corrected chi connectivity index (χ2v) is 7.82. The van der Waals surface area contributed by atoms with E-state index in [2.05, 4.69) is 15.6 Å². The van der Waals surface area contributed by atoms with E-state index < -0.39 is 6.04 Å². The first-order chi connectivity index (χ1) is 11.7. The molecule has 0 saturated heterocycles. The fourth-order valence-corrected chi connectivity index (χ4v) is 2.80. The van der Waals surface area contributed by atoms with E-state index in [0.717, 1.165) is 9.92 Å². The average molecular weight is 357 g/mol. The van der Waals surface area contributed by atoms with Crippen LogP contribution < -0.4 is 10.6 Å². The number of hydrogen-bond acceptors (Lipinski definition) is 4. The highest BCUT2D eigenvalue weighted by Gasteiger charge is 2.21. The van der Waals surface area contributed by atoms with Gasteiger partial charge in [0.25, 0.3) is 5.91 Å². The molecular formula is C19H23N3O2S. The van der Waals surface area contributed by atoms with Gasteiger partial charge in [-0.3, -0.25) is 9.59 Å². The van der Waals surface area contributed by atoms with Crippen molar-refractivity contribution >= 4 is 23.6 Å². The largest absolute Gasteiger partial charge is 0.350 e. The summed E-state index contributed by atoms with van der Waals surface area (Å²) in [5.41, 5.74) is 0.182. The second kappa shape index (κ2) is 8.16. The molecule has 2 N–H and O–H groups in total. The lowest BCUT2D eigenvalue weighted by atomic mass is 10.1. The summed E-state index contributed by atoms with van der Waals surface area (Å²) in [5.74, 6) is -0.478. The maximum Gasteiger partial charge on any atom is 0.251 e. The normalized spacial score (nSPS) is 12.3. The minimum atomic E-state index is -0.603. The highest BCUT2D eigenvalue weighted by Crippen LogP contribution is 2.25. The van der Waals surface area contributed by atoms with Gasteiger partial charge in [-0.05, 0) is 64.1 Å². The summed E-state index contributed by atoms with van der Waals surface area (Å²) in [6, 6.07) is 12.4. The summed E-state index contributed by atoms with van der Waals surface area (Å²) in [7, 11) is 0. The first-order valence-corrected chi connectivity index (χ1v) is 8.88. The maximum atomic E-state index is 12.3. The minimum Gasteiger partial charge on any atom is -0.350 e. The molecule has 6 heteroatoms. The van der Waals surface area contributed by atoms with Crippen LogP contribution in [0.1, 0.15) is 38.1 Å². The van der Waals surface area contributed by atoms with Crippen molar-refractivity contribution < 1.29 is 9.59 Å². The van der Waals surface area contributed by atoms with E-state index in [-0.39, 0.29) is 17.4 Å². The van der Waals surface area contributed by atoms with Crippen molar-refractivity contribution in [2.75, 3.05) is 0 Å². The summed E-state index contributed by atoms with van der Waals surface area (Å²) < 4.78 is 0. The summed E-state index contributed by atoms with van der Waals surface area (Å²) in [6.45, 7) is 7.37. The summed E-state index contributed by atoms with van der Waals surface area (Å²) in [4.78, 5) is 29.6. The molecule has 0 spiro atoms. The average Bonchev–Trinajstić information content (AvgIpc) is 2.54. The lowest BCUT2D eigenvalue weighted by Crippen LogP contribution is -2.50. The van der Waals surface area contributed by atoms with Crippen molar-refractivity contribution in [2.45, 2.75) is 49.2 Å². The van der Waals surface area contributed by atoms with Crippen molar-refractivity contribution in [2.24, 2.45) is 0 Å². The fraction of sp³-hybridized carbons (Fsp3) is 0.316. The fourth-order valence-electron chi connectivity index (χ4n) is 2.03. The monoisotopic (exact) mass is 357 g/mol. The number of pyridine rings is 1. The van der Waals surface area contributed by atoms with Gasteiger partial charge in [-0.25, -0.2) is 4.98 Å². The maximum absolute atomic E-state index is 12.3. The van der Waals surface area contributed by atoms with Gasteiger partial charge in [-0.15, -0.1) is 0 Å².